The van der Waals surface area contributed by atoms with Crippen molar-refractivity contribution in [1.82, 2.24) is 21.3 Å². The minimum Gasteiger partial charge on any atom is -0.309 e. The zero-order chi connectivity index (χ0) is 21.3. The minimum atomic E-state index is -1.40. The van der Waals surface area contributed by atoms with Crippen molar-refractivity contribution in [3.05, 3.63) is 48.6 Å². The Morgan fingerprint density at radius 1 is 0.556 bits per heavy atom. The Balaban J connectivity index is 5.49. The summed E-state index contributed by atoms with van der Waals surface area (Å²) in [7, 11) is 0. The summed E-state index contributed by atoms with van der Waals surface area (Å²) in [5, 5.41) is 9.43. The van der Waals surface area contributed by atoms with E-state index in [9.17, 15) is 19.2 Å². The first-order chi connectivity index (χ1) is 12.3. The Labute approximate surface area is 158 Å². The van der Waals surface area contributed by atoms with E-state index in [4.69, 9.17) is 4.74 Å². The molecule has 9 heteroatoms. The van der Waals surface area contributed by atoms with Gasteiger partial charge in [0.25, 0.3) is 0 Å². The lowest BCUT2D eigenvalue weighted by atomic mass is 10.3. The number of ether oxygens (including phenoxy) is 1. The van der Waals surface area contributed by atoms with Crippen LogP contribution in [0.5, 0.6) is 0 Å². The van der Waals surface area contributed by atoms with Gasteiger partial charge in [-0.15, -0.1) is 0 Å². The highest BCUT2D eigenvalue weighted by atomic mass is 16.6. The number of carbonyl (C=O) groups excluding carboxylic acids is 4. The fourth-order valence-corrected chi connectivity index (χ4v) is 1.31. The Morgan fingerprint density at radius 3 is 0.889 bits per heavy atom. The van der Waals surface area contributed by atoms with Gasteiger partial charge in [-0.2, -0.15) is 0 Å². The molecule has 0 unspecified atom stereocenters. The van der Waals surface area contributed by atoms with E-state index in [0.29, 0.717) is 0 Å². The maximum absolute atomic E-state index is 11.9. The Bertz CT molecular complexity index is 582. The highest BCUT2D eigenvalue weighted by Crippen LogP contribution is 1.99. The number of amides is 4. The molecule has 4 N–H and O–H groups in total. The van der Waals surface area contributed by atoms with Crippen molar-refractivity contribution in [3.63, 3.8) is 0 Å². The van der Waals surface area contributed by atoms with E-state index in [-0.39, 0.29) is 22.3 Å². The van der Waals surface area contributed by atoms with E-state index in [2.05, 4.69) is 47.6 Å². The second kappa shape index (κ2) is 10.7. The van der Waals surface area contributed by atoms with Gasteiger partial charge < -0.3 is 21.3 Å². The molecule has 0 radical (unpaired) electrons. The summed E-state index contributed by atoms with van der Waals surface area (Å²) >= 11 is 0. The van der Waals surface area contributed by atoms with E-state index in [0.717, 1.165) is 0 Å². The van der Waals surface area contributed by atoms with Crippen molar-refractivity contribution in [2.75, 3.05) is 0 Å². The Morgan fingerprint density at radius 2 is 0.741 bits per heavy atom. The monoisotopic (exact) mass is 378 g/mol. The lowest BCUT2D eigenvalue weighted by Gasteiger charge is -2.27. The van der Waals surface area contributed by atoms with Crippen LogP contribution in [0.1, 0.15) is 27.7 Å². The summed E-state index contributed by atoms with van der Waals surface area (Å²) in [6.45, 7) is 19.8. The zero-order valence-corrected chi connectivity index (χ0v) is 16.0. The summed E-state index contributed by atoms with van der Waals surface area (Å²) in [5.74, 6) is -2.45. The van der Waals surface area contributed by atoms with Gasteiger partial charge in [0.1, 0.15) is 0 Å². The molecule has 9 nitrogen and oxygen atoms in total. The summed E-state index contributed by atoms with van der Waals surface area (Å²) in [4.78, 5) is 47.5. The Hall–Kier alpha value is -3.20. The van der Waals surface area contributed by atoms with Gasteiger partial charge in [0.05, 0.1) is 0 Å². The van der Waals surface area contributed by atoms with Crippen molar-refractivity contribution < 1.29 is 23.9 Å². The number of hydrogen-bond acceptors (Lipinski definition) is 5. The lowest BCUT2D eigenvalue weighted by molar-refractivity contribution is -0.142. The molecule has 0 aromatic carbocycles. The van der Waals surface area contributed by atoms with Gasteiger partial charge in [-0.3, -0.25) is 23.9 Å². The molecular weight excluding hydrogens is 352 g/mol. The second-order valence-electron chi connectivity index (χ2n) is 5.91. The van der Waals surface area contributed by atoms with Gasteiger partial charge in [-0.25, -0.2) is 0 Å². The predicted octanol–water partition coefficient (Wildman–Crippen LogP) is 0.339. The SMILES string of the molecule is C=C(C)C(=O)NC(NC(=O)C(=C)C)OC(NC(=O)C(=C)C)NC(=O)C(=C)C. The molecule has 0 aliphatic heterocycles. The first-order valence-corrected chi connectivity index (χ1v) is 7.86. The fourth-order valence-electron chi connectivity index (χ4n) is 1.31. The molecule has 0 heterocycles. The van der Waals surface area contributed by atoms with Crippen molar-refractivity contribution in [3.8, 4) is 0 Å². The van der Waals surface area contributed by atoms with E-state index < -0.39 is 36.3 Å². The normalized spacial score (nSPS) is 10.0. The van der Waals surface area contributed by atoms with Crippen LogP contribution in [0.2, 0.25) is 0 Å². The summed E-state index contributed by atoms with van der Waals surface area (Å²) in [6, 6.07) is 0. The Kier molecular flexibility index (Phi) is 9.45. The van der Waals surface area contributed by atoms with Gasteiger partial charge in [-0.1, -0.05) is 26.3 Å². The molecule has 0 aliphatic carbocycles. The average molecular weight is 378 g/mol. The van der Waals surface area contributed by atoms with Crippen LogP contribution >= 0.6 is 0 Å². The van der Waals surface area contributed by atoms with Gasteiger partial charge >= 0.3 is 0 Å². The molecule has 0 fully saturated rings. The van der Waals surface area contributed by atoms with E-state index in [1.807, 2.05) is 0 Å². The molecular formula is C18H26N4O5. The molecule has 4 amide bonds. The van der Waals surface area contributed by atoms with Crippen LogP contribution in [0.3, 0.4) is 0 Å². The smallest absolute Gasteiger partial charge is 0.249 e. The minimum absolute atomic E-state index is 0.154. The van der Waals surface area contributed by atoms with Gasteiger partial charge in [0, 0.05) is 22.3 Å². The number of nitrogens with one attached hydrogen (secondary N) is 4. The number of hydrogen-bond donors (Lipinski definition) is 4. The maximum atomic E-state index is 11.9. The molecule has 148 valence electrons. The maximum Gasteiger partial charge on any atom is 0.249 e. The molecule has 0 saturated carbocycles. The van der Waals surface area contributed by atoms with E-state index in [1.165, 1.54) is 27.7 Å². The third-order valence-electron chi connectivity index (χ3n) is 2.87. The molecule has 0 aromatic heterocycles. The first-order valence-electron chi connectivity index (χ1n) is 7.86. The van der Waals surface area contributed by atoms with Crippen molar-refractivity contribution in [1.29, 1.82) is 0 Å². The third kappa shape index (κ3) is 9.17. The molecule has 0 saturated heterocycles. The quantitative estimate of drug-likeness (QED) is 0.322. The van der Waals surface area contributed by atoms with Gasteiger partial charge in [-0.05, 0) is 27.7 Å². The standard InChI is InChI=1S/C18H26N4O5/c1-9(2)13(23)19-17(20-14(24)10(3)4)27-18(21-15(25)11(5)6)22-16(26)12(7)8/h17-18H,1,3,5,7H2,2,4,6,8H3,(H,19,23)(H,20,24)(H,21,25)(H,22,26). The lowest BCUT2D eigenvalue weighted by Crippen LogP contribution is -2.58. The number of rotatable bonds is 10. The highest BCUT2D eigenvalue weighted by molar-refractivity contribution is 5.95. The van der Waals surface area contributed by atoms with Crippen LogP contribution in [-0.2, 0) is 23.9 Å². The van der Waals surface area contributed by atoms with Crippen LogP contribution < -0.4 is 21.3 Å². The molecule has 0 aliphatic rings. The summed E-state index contributed by atoms with van der Waals surface area (Å²) in [5.41, 5.74) is 0.617. The first kappa shape index (κ1) is 23.8. The third-order valence-corrected chi connectivity index (χ3v) is 2.87. The molecule has 0 aromatic rings. The van der Waals surface area contributed by atoms with E-state index in [1.54, 1.807) is 0 Å². The molecule has 0 rings (SSSR count). The van der Waals surface area contributed by atoms with E-state index >= 15 is 0 Å². The van der Waals surface area contributed by atoms with Crippen LogP contribution in [-0.4, -0.2) is 36.3 Å². The van der Waals surface area contributed by atoms with Crippen molar-refractivity contribution in [2.24, 2.45) is 0 Å². The van der Waals surface area contributed by atoms with Crippen molar-refractivity contribution in [2.45, 2.75) is 40.4 Å². The zero-order valence-electron chi connectivity index (χ0n) is 16.0. The average Bonchev–Trinajstić information content (AvgIpc) is 2.53. The predicted molar refractivity (Wildman–Crippen MR) is 100 cm³/mol. The van der Waals surface area contributed by atoms with Gasteiger partial charge in [0.15, 0.2) is 0 Å². The molecule has 0 atom stereocenters. The van der Waals surface area contributed by atoms with Gasteiger partial charge in [0.2, 0.25) is 36.3 Å². The van der Waals surface area contributed by atoms with Crippen LogP contribution in [0.15, 0.2) is 48.6 Å². The van der Waals surface area contributed by atoms with Crippen molar-refractivity contribution >= 4 is 23.6 Å². The second-order valence-corrected chi connectivity index (χ2v) is 5.91. The largest absolute Gasteiger partial charge is 0.309 e. The highest BCUT2D eigenvalue weighted by Gasteiger charge is 2.24. The fraction of sp³-hybridized carbons (Fsp3) is 0.333. The summed E-state index contributed by atoms with van der Waals surface area (Å²) in [6.07, 6.45) is -2.81. The molecule has 0 spiro atoms. The van der Waals surface area contributed by atoms with Crippen LogP contribution in [0.25, 0.3) is 0 Å². The number of carbonyl (C=O) groups is 4. The van der Waals surface area contributed by atoms with Crippen LogP contribution in [0, 0.1) is 0 Å². The molecule has 0 bridgehead atoms. The summed E-state index contributed by atoms with van der Waals surface area (Å²) < 4.78 is 5.44. The van der Waals surface area contributed by atoms with Crippen LogP contribution in [0.4, 0.5) is 0 Å². The molecule has 27 heavy (non-hydrogen) atoms. The topological polar surface area (TPSA) is 126 Å².